The third-order valence-corrected chi connectivity index (χ3v) is 7.53. The van der Waals surface area contributed by atoms with Crippen molar-refractivity contribution in [2.45, 2.75) is 25.4 Å². The predicted octanol–water partition coefficient (Wildman–Crippen LogP) is 4.79. The number of thiophene rings is 1. The van der Waals surface area contributed by atoms with E-state index in [9.17, 15) is 14.4 Å². The van der Waals surface area contributed by atoms with Crippen LogP contribution in [0.3, 0.4) is 0 Å². The van der Waals surface area contributed by atoms with Crippen LogP contribution in [0.5, 0.6) is 0 Å². The first-order valence-corrected chi connectivity index (χ1v) is 13.3. The Bertz CT molecular complexity index is 1300. The maximum atomic E-state index is 12.9. The highest BCUT2D eigenvalue weighted by atomic mass is 35.5. The molecule has 3 aromatic rings. The Hall–Kier alpha value is -3.63. The molecular weight excluding hydrogens is 514 g/mol. The highest BCUT2D eigenvalue weighted by Crippen LogP contribution is 2.34. The molecule has 2 aliphatic rings. The Kier molecular flexibility index (Phi) is 7.57. The zero-order valence-corrected chi connectivity index (χ0v) is 21.6. The molecule has 0 radical (unpaired) electrons. The van der Waals surface area contributed by atoms with E-state index in [0.717, 1.165) is 31.6 Å². The second-order valence-corrected chi connectivity index (χ2v) is 10.6. The van der Waals surface area contributed by atoms with E-state index in [-0.39, 0.29) is 24.9 Å². The third-order valence-electron chi connectivity index (χ3n) is 6.30. The maximum Gasteiger partial charge on any atom is 0.414 e. The lowest BCUT2D eigenvalue weighted by Crippen LogP contribution is -2.34. The molecule has 2 saturated heterocycles. The molecule has 1 aromatic carbocycles. The van der Waals surface area contributed by atoms with Gasteiger partial charge in [0.15, 0.2) is 0 Å². The normalized spacial score (nSPS) is 17.4. The topological polar surface area (TPSA) is 104 Å². The van der Waals surface area contributed by atoms with E-state index in [1.165, 1.54) is 22.7 Å². The first-order valence-electron chi connectivity index (χ1n) is 12.1. The number of nitrogens with one attached hydrogen (secondary N) is 2. The minimum Gasteiger partial charge on any atom is -0.442 e. The number of nitrogens with zero attached hydrogens (tertiary/aromatic N) is 3. The Balaban J connectivity index is 1.32. The molecule has 9 nitrogen and oxygen atoms in total. The summed E-state index contributed by atoms with van der Waals surface area (Å²) in [4.78, 5) is 46.4. The van der Waals surface area contributed by atoms with E-state index in [2.05, 4.69) is 20.5 Å². The first-order chi connectivity index (χ1) is 18.0. The van der Waals surface area contributed by atoms with Crippen molar-refractivity contribution in [3.63, 3.8) is 0 Å². The van der Waals surface area contributed by atoms with Gasteiger partial charge in [0.2, 0.25) is 0 Å². The Labute approximate surface area is 223 Å². The molecule has 2 aromatic heterocycles. The van der Waals surface area contributed by atoms with Crippen LogP contribution >= 0.6 is 22.9 Å². The fraction of sp³-hybridized carbons (Fsp3) is 0.308. The molecule has 2 N–H and O–H groups in total. The molecule has 1 atom stereocenters. The van der Waals surface area contributed by atoms with Gasteiger partial charge in [-0.3, -0.25) is 19.5 Å². The Morgan fingerprint density at radius 1 is 1.08 bits per heavy atom. The summed E-state index contributed by atoms with van der Waals surface area (Å²) in [6, 6.07) is 14.1. The molecule has 5 rings (SSSR count). The van der Waals surface area contributed by atoms with Crippen LogP contribution in [0.15, 0.2) is 54.7 Å². The number of halogens is 1. The van der Waals surface area contributed by atoms with Gasteiger partial charge < -0.3 is 20.3 Å². The van der Waals surface area contributed by atoms with E-state index in [0.29, 0.717) is 26.3 Å². The van der Waals surface area contributed by atoms with Gasteiger partial charge in [0, 0.05) is 25.0 Å². The quantitative estimate of drug-likeness (QED) is 0.447. The summed E-state index contributed by atoms with van der Waals surface area (Å²) < 4.78 is 6.03. The Morgan fingerprint density at radius 2 is 1.92 bits per heavy atom. The van der Waals surface area contributed by atoms with Gasteiger partial charge in [-0.1, -0.05) is 17.7 Å². The number of carbonyl (C=O) groups is 3. The average molecular weight is 540 g/mol. The summed E-state index contributed by atoms with van der Waals surface area (Å²) in [5, 5.41) is 5.78. The number of carbonyl (C=O) groups excluding carboxylic acids is 3. The second-order valence-electron chi connectivity index (χ2n) is 8.85. The van der Waals surface area contributed by atoms with Gasteiger partial charge in [0.1, 0.15) is 11.8 Å². The third kappa shape index (κ3) is 5.86. The van der Waals surface area contributed by atoms with Crippen molar-refractivity contribution in [2.24, 2.45) is 0 Å². The van der Waals surface area contributed by atoms with Gasteiger partial charge >= 0.3 is 6.09 Å². The van der Waals surface area contributed by atoms with Crippen LogP contribution in [0.25, 0.3) is 0 Å². The number of ether oxygens (including phenoxy) is 1. The summed E-state index contributed by atoms with van der Waals surface area (Å²) in [6.07, 6.45) is 3.90. The lowest BCUT2D eigenvalue weighted by atomic mass is 10.1. The van der Waals surface area contributed by atoms with E-state index >= 15 is 0 Å². The lowest BCUT2D eigenvalue weighted by molar-refractivity contribution is 0.0919. The summed E-state index contributed by atoms with van der Waals surface area (Å²) in [7, 11) is 0. The fourth-order valence-electron chi connectivity index (χ4n) is 4.45. The van der Waals surface area contributed by atoms with Crippen LogP contribution in [0.1, 0.15) is 39.4 Å². The molecule has 11 heteroatoms. The molecular formula is C26H26ClN5O4S. The molecule has 2 aliphatic heterocycles. The van der Waals surface area contributed by atoms with Crippen LogP contribution in [0, 0.1) is 0 Å². The number of hydrogen-bond donors (Lipinski definition) is 2. The minimum atomic E-state index is -0.514. The van der Waals surface area contributed by atoms with Gasteiger partial charge in [0.05, 0.1) is 33.7 Å². The van der Waals surface area contributed by atoms with Crippen LogP contribution in [-0.2, 0) is 4.74 Å². The van der Waals surface area contributed by atoms with Crippen molar-refractivity contribution in [2.75, 3.05) is 41.3 Å². The van der Waals surface area contributed by atoms with Crippen LogP contribution in [-0.4, -0.2) is 55.2 Å². The number of amides is 3. The fourth-order valence-corrected chi connectivity index (χ4v) is 5.41. The van der Waals surface area contributed by atoms with Crippen molar-refractivity contribution in [3.8, 4) is 0 Å². The molecule has 2 fully saturated rings. The number of aromatic nitrogens is 1. The van der Waals surface area contributed by atoms with Crippen LogP contribution < -0.4 is 20.4 Å². The van der Waals surface area contributed by atoms with Gasteiger partial charge in [-0.15, -0.1) is 11.3 Å². The number of piperidine rings is 1. The molecule has 0 spiro atoms. The van der Waals surface area contributed by atoms with Gasteiger partial charge in [-0.25, -0.2) is 4.79 Å². The standard InChI is InChI=1S/C26H26ClN5O4S/c27-23-10-9-22(37-23)25(34)29-15-18-16-32(26(35)36-18)17-7-8-21(31-12-4-1-5-13-31)20(14-17)30-24(33)19-6-2-3-11-28-19/h2-3,6-11,14,18H,1,4-5,12-13,15-16H2,(H,29,34)(H,30,33). The number of anilines is 3. The van der Waals surface area contributed by atoms with Crippen molar-refractivity contribution in [1.82, 2.24) is 10.3 Å². The molecule has 0 aliphatic carbocycles. The predicted molar refractivity (Wildman–Crippen MR) is 144 cm³/mol. The zero-order valence-electron chi connectivity index (χ0n) is 20.0. The molecule has 37 heavy (non-hydrogen) atoms. The maximum absolute atomic E-state index is 12.9. The Morgan fingerprint density at radius 3 is 2.65 bits per heavy atom. The number of hydrogen-bond acceptors (Lipinski definition) is 7. The summed E-state index contributed by atoms with van der Waals surface area (Å²) in [6.45, 7) is 2.23. The highest BCUT2D eigenvalue weighted by Gasteiger charge is 2.33. The van der Waals surface area contributed by atoms with Crippen LogP contribution in [0.4, 0.5) is 21.9 Å². The zero-order chi connectivity index (χ0) is 25.8. The number of cyclic esters (lactones) is 1. The van der Waals surface area contributed by atoms with E-state index < -0.39 is 12.2 Å². The molecule has 0 bridgehead atoms. The summed E-state index contributed by atoms with van der Waals surface area (Å²) >= 11 is 7.09. The van der Waals surface area contributed by atoms with Gasteiger partial charge in [-0.05, 0) is 61.7 Å². The number of pyridine rings is 1. The molecule has 0 saturated carbocycles. The monoisotopic (exact) mass is 539 g/mol. The van der Waals surface area contributed by atoms with Crippen molar-refractivity contribution in [1.29, 1.82) is 0 Å². The first kappa shape index (κ1) is 25.0. The summed E-state index contributed by atoms with van der Waals surface area (Å²) in [5.41, 5.74) is 2.41. The lowest BCUT2D eigenvalue weighted by Gasteiger charge is -2.31. The highest BCUT2D eigenvalue weighted by molar-refractivity contribution is 7.18. The van der Waals surface area contributed by atoms with Gasteiger partial charge in [0.25, 0.3) is 11.8 Å². The SMILES string of the molecule is O=C(Nc1cc(N2CC(CNC(=O)c3ccc(Cl)s3)OC2=O)ccc1N1CCCCC1)c1ccccn1. The summed E-state index contributed by atoms with van der Waals surface area (Å²) in [5.74, 6) is -0.592. The van der Waals surface area contributed by atoms with Crippen LogP contribution in [0.2, 0.25) is 4.34 Å². The average Bonchev–Trinajstić information content (AvgIpc) is 3.53. The largest absolute Gasteiger partial charge is 0.442 e. The number of benzene rings is 1. The molecule has 3 amide bonds. The molecule has 1 unspecified atom stereocenters. The van der Waals surface area contributed by atoms with E-state index in [1.54, 1.807) is 42.6 Å². The molecule has 192 valence electrons. The van der Waals surface area contributed by atoms with E-state index in [4.69, 9.17) is 16.3 Å². The molecule has 4 heterocycles. The second kappa shape index (κ2) is 11.2. The van der Waals surface area contributed by atoms with Gasteiger partial charge in [-0.2, -0.15) is 0 Å². The van der Waals surface area contributed by atoms with Crippen molar-refractivity contribution >= 4 is 57.9 Å². The van der Waals surface area contributed by atoms with Crippen molar-refractivity contribution in [3.05, 3.63) is 69.6 Å². The number of rotatable bonds is 7. The van der Waals surface area contributed by atoms with E-state index in [1.807, 2.05) is 12.1 Å². The smallest absolute Gasteiger partial charge is 0.414 e. The van der Waals surface area contributed by atoms with Crippen molar-refractivity contribution < 1.29 is 19.1 Å². The minimum absolute atomic E-state index is 0.172.